The summed E-state index contributed by atoms with van der Waals surface area (Å²) in [4.78, 5) is 14.3. The molecule has 0 fully saturated rings. The third kappa shape index (κ3) is 3.20. The number of benzene rings is 1. The number of fused-ring (bicyclic) bond motifs is 1. The van der Waals surface area contributed by atoms with Gasteiger partial charge < -0.3 is 10.1 Å². The molecule has 2 aromatic rings. The number of hydrogen-bond donors (Lipinski definition) is 2. The summed E-state index contributed by atoms with van der Waals surface area (Å²) in [5.74, 6) is -0.148. The summed E-state index contributed by atoms with van der Waals surface area (Å²) in [6.45, 7) is 3.88. The maximum absolute atomic E-state index is 11.5. The standard InChI is InChI=1S/C13H14BrN3O2/c1-7(2)5-11(18)16-17-12-9-6-8(14)3-4-10(9)15-13(12)19/h3-4,6-7,15,19H,5H2,1-2H3. The molecule has 2 rings (SSSR count). The van der Waals surface area contributed by atoms with Crippen molar-refractivity contribution in [1.82, 2.24) is 4.98 Å². The first-order valence-corrected chi connectivity index (χ1v) is 6.71. The Morgan fingerprint density at radius 3 is 2.89 bits per heavy atom. The average Bonchev–Trinajstić information content (AvgIpc) is 2.61. The smallest absolute Gasteiger partial charge is 0.265 e. The van der Waals surface area contributed by atoms with Gasteiger partial charge in [-0.1, -0.05) is 29.8 Å². The second-order valence-electron chi connectivity index (χ2n) is 4.70. The van der Waals surface area contributed by atoms with E-state index in [1.807, 2.05) is 32.0 Å². The topological polar surface area (TPSA) is 77.8 Å². The highest BCUT2D eigenvalue weighted by atomic mass is 79.9. The van der Waals surface area contributed by atoms with Gasteiger partial charge in [0.25, 0.3) is 5.91 Å². The lowest BCUT2D eigenvalue weighted by atomic mass is 10.1. The number of carbonyl (C=O) groups excluding carboxylic acids is 1. The zero-order chi connectivity index (χ0) is 14.0. The van der Waals surface area contributed by atoms with Gasteiger partial charge in [0.15, 0.2) is 5.69 Å². The van der Waals surface area contributed by atoms with Crippen LogP contribution in [-0.2, 0) is 4.79 Å². The molecule has 2 N–H and O–H groups in total. The number of aromatic nitrogens is 1. The molecule has 0 unspecified atom stereocenters. The van der Waals surface area contributed by atoms with Crippen LogP contribution < -0.4 is 0 Å². The molecule has 6 heteroatoms. The van der Waals surface area contributed by atoms with E-state index in [9.17, 15) is 9.90 Å². The lowest BCUT2D eigenvalue weighted by Crippen LogP contribution is -1.97. The van der Waals surface area contributed by atoms with Crippen LogP contribution >= 0.6 is 15.9 Å². The fourth-order valence-electron chi connectivity index (χ4n) is 1.73. The molecule has 0 aliphatic heterocycles. The van der Waals surface area contributed by atoms with Crippen molar-refractivity contribution < 1.29 is 9.90 Å². The summed E-state index contributed by atoms with van der Waals surface area (Å²) in [6, 6.07) is 5.48. The lowest BCUT2D eigenvalue weighted by Gasteiger charge is -1.97. The van der Waals surface area contributed by atoms with Gasteiger partial charge in [-0.25, -0.2) is 0 Å². The minimum atomic E-state index is -0.293. The number of rotatable bonds is 3. The van der Waals surface area contributed by atoms with E-state index in [-0.39, 0.29) is 23.4 Å². The van der Waals surface area contributed by atoms with Crippen LogP contribution in [0.1, 0.15) is 20.3 Å². The van der Waals surface area contributed by atoms with E-state index in [4.69, 9.17) is 0 Å². The molecular weight excluding hydrogens is 310 g/mol. The van der Waals surface area contributed by atoms with Crippen molar-refractivity contribution >= 4 is 38.4 Å². The fourth-order valence-corrected chi connectivity index (χ4v) is 2.09. The largest absolute Gasteiger partial charge is 0.493 e. The van der Waals surface area contributed by atoms with E-state index >= 15 is 0 Å². The Kier molecular flexibility index (Phi) is 3.99. The van der Waals surface area contributed by atoms with E-state index in [1.165, 1.54) is 0 Å². The Balaban J connectivity index is 2.34. The maximum atomic E-state index is 11.5. The lowest BCUT2D eigenvalue weighted by molar-refractivity contribution is -0.118. The predicted octanol–water partition coefficient (Wildman–Crippen LogP) is 4.29. The molecule has 1 amide bonds. The first-order chi connectivity index (χ1) is 8.97. The third-order valence-electron chi connectivity index (χ3n) is 2.56. The monoisotopic (exact) mass is 323 g/mol. The quantitative estimate of drug-likeness (QED) is 0.826. The van der Waals surface area contributed by atoms with E-state index in [2.05, 4.69) is 31.1 Å². The highest BCUT2D eigenvalue weighted by Crippen LogP contribution is 2.36. The molecule has 1 aromatic heterocycles. The summed E-state index contributed by atoms with van der Waals surface area (Å²) in [7, 11) is 0. The molecule has 0 saturated carbocycles. The second-order valence-corrected chi connectivity index (χ2v) is 5.62. The maximum Gasteiger partial charge on any atom is 0.265 e. The molecular formula is C13H14BrN3O2. The Morgan fingerprint density at radius 1 is 1.47 bits per heavy atom. The van der Waals surface area contributed by atoms with Crippen LogP contribution in [-0.4, -0.2) is 16.0 Å². The second kappa shape index (κ2) is 5.52. The van der Waals surface area contributed by atoms with Gasteiger partial charge in [-0.2, -0.15) is 0 Å². The number of nitrogens with one attached hydrogen (secondary N) is 1. The van der Waals surface area contributed by atoms with E-state index in [0.717, 1.165) is 9.99 Å². The normalized spacial score (nSPS) is 11.8. The van der Waals surface area contributed by atoms with Gasteiger partial charge in [0.2, 0.25) is 5.88 Å². The van der Waals surface area contributed by atoms with Crippen molar-refractivity contribution in [1.29, 1.82) is 0 Å². The zero-order valence-electron chi connectivity index (χ0n) is 10.6. The van der Waals surface area contributed by atoms with Gasteiger partial charge in [0.05, 0.1) is 5.52 Å². The van der Waals surface area contributed by atoms with Crippen LogP contribution in [0.15, 0.2) is 32.9 Å². The van der Waals surface area contributed by atoms with Crippen molar-refractivity contribution in [2.24, 2.45) is 16.1 Å². The van der Waals surface area contributed by atoms with Gasteiger partial charge in [-0.15, -0.1) is 10.2 Å². The highest BCUT2D eigenvalue weighted by Gasteiger charge is 2.11. The summed E-state index contributed by atoms with van der Waals surface area (Å²) in [6.07, 6.45) is 0.344. The van der Waals surface area contributed by atoms with E-state index < -0.39 is 0 Å². The molecule has 0 radical (unpaired) electrons. The highest BCUT2D eigenvalue weighted by molar-refractivity contribution is 9.10. The van der Waals surface area contributed by atoms with Gasteiger partial charge >= 0.3 is 0 Å². The number of aromatic amines is 1. The summed E-state index contributed by atoms with van der Waals surface area (Å²) >= 11 is 3.35. The van der Waals surface area contributed by atoms with Crippen LogP contribution in [0, 0.1) is 5.92 Å². The Morgan fingerprint density at radius 2 is 2.21 bits per heavy atom. The van der Waals surface area contributed by atoms with E-state index in [1.54, 1.807) is 0 Å². The SMILES string of the molecule is CC(C)CC(=O)N=Nc1c(O)[nH]c2ccc(Br)cc12. The summed E-state index contributed by atoms with van der Waals surface area (Å²) < 4.78 is 0.865. The minimum absolute atomic E-state index is 0.0887. The van der Waals surface area contributed by atoms with Crippen LogP contribution in [0.3, 0.4) is 0 Å². The minimum Gasteiger partial charge on any atom is -0.493 e. The van der Waals surface area contributed by atoms with Crippen molar-refractivity contribution in [2.75, 3.05) is 0 Å². The molecule has 0 atom stereocenters. The van der Waals surface area contributed by atoms with Gasteiger partial charge in [0, 0.05) is 16.3 Å². The fraction of sp³-hybridized carbons (Fsp3) is 0.308. The van der Waals surface area contributed by atoms with Crippen LogP contribution in [0.2, 0.25) is 0 Å². The summed E-state index contributed by atoms with van der Waals surface area (Å²) in [5, 5.41) is 18.0. The van der Waals surface area contributed by atoms with E-state index in [0.29, 0.717) is 11.8 Å². The number of aromatic hydroxyl groups is 1. The van der Waals surface area contributed by atoms with Crippen molar-refractivity contribution in [3.05, 3.63) is 22.7 Å². The molecule has 0 bridgehead atoms. The molecule has 5 nitrogen and oxygen atoms in total. The van der Waals surface area contributed by atoms with Gasteiger partial charge in [-0.05, 0) is 24.1 Å². The summed E-state index contributed by atoms with van der Waals surface area (Å²) in [5.41, 5.74) is 1.03. The predicted molar refractivity (Wildman–Crippen MR) is 76.6 cm³/mol. The Hall–Kier alpha value is -1.69. The Labute approximate surface area is 118 Å². The van der Waals surface area contributed by atoms with Gasteiger partial charge in [0.1, 0.15) is 0 Å². The number of carbonyl (C=O) groups is 1. The molecule has 0 spiro atoms. The number of amides is 1. The molecule has 0 saturated heterocycles. The number of azo groups is 1. The molecule has 1 heterocycles. The van der Waals surface area contributed by atoms with Crippen LogP contribution in [0.5, 0.6) is 5.88 Å². The van der Waals surface area contributed by atoms with Crippen molar-refractivity contribution in [3.63, 3.8) is 0 Å². The molecule has 100 valence electrons. The average molecular weight is 324 g/mol. The number of nitrogens with zero attached hydrogens (tertiary/aromatic N) is 2. The van der Waals surface area contributed by atoms with Crippen molar-refractivity contribution in [3.8, 4) is 5.88 Å². The molecule has 0 aliphatic rings. The molecule has 19 heavy (non-hydrogen) atoms. The number of hydrogen-bond acceptors (Lipinski definition) is 3. The van der Waals surface area contributed by atoms with Gasteiger partial charge in [-0.3, -0.25) is 4.79 Å². The van der Waals surface area contributed by atoms with Crippen LogP contribution in [0.25, 0.3) is 10.9 Å². The molecule has 1 aromatic carbocycles. The zero-order valence-corrected chi connectivity index (χ0v) is 12.2. The Bertz CT molecular complexity index is 647. The first-order valence-electron chi connectivity index (χ1n) is 5.92. The van der Waals surface area contributed by atoms with Crippen molar-refractivity contribution in [2.45, 2.75) is 20.3 Å². The number of H-pyrrole nitrogens is 1. The first kappa shape index (κ1) is 13.7. The van der Waals surface area contributed by atoms with Crippen LogP contribution in [0.4, 0.5) is 5.69 Å². The molecule has 0 aliphatic carbocycles. The number of halogens is 1. The third-order valence-corrected chi connectivity index (χ3v) is 3.05.